The van der Waals surface area contributed by atoms with Gasteiger partial charge in [-0.15, -0.1) is 0 Å². The molecule has 0 saturated carbocycles. The van der Waals surface area contributed by atoms with E-state index in [9.17, 15) is 9.18 Å². The summed E-state index contributed by atoms with van der Waals surface area (Å²) < 4.78 is 18.5. The Bertz CT molecular complexity index is 613. The van der Waals surface area contributed by atoms with E-state index in [1.54, 1.807) is 12.1 Å². The number of nitrogens with one attached hydrogen (secondary N) is 2. The number of hydrogen-bond acceptors (Lipinski definition) is 2. The summed E-state index contributed by atoms with van der Waals surface area (Å²) in [6, 6.07) is 10.9. The molecule has 2 rings (SSSR count). The molecule has 4 nitrogen and oxygen atoms in total. The van der Waals surface area contributed by atoms with Crippen molar-refractivity contribution in [1.29, 1.82) is 0 Å². The van der Waals surface area contributed by atoms with Crippen molar-refractivity contribution in [2.75, 3.05) is 17.7 Å². The van der Waals surface area contributed by atoms with E-state index in [1.165, 1.54) is 25.3 Å². The van der Waals surface area contributed by atoms with Crippen LogP contribution < -0.4 is 15.4 Å². The van der Waals surface area contributed by atoms with Crippen molar-refractivity contribution in [3.8, 4) is 5.75 Å². The summed E-state index contributed by atoms with van der Waals surface area (Å²) in [5.74, 6) is -0.0538. The van der Waals surface area contributed by atoms with E-state index in [4.69, 9.17) is 4.74 Å². The molecule has 0 spiro atoms. The summed E-state index contributed by atoms with van der Waals surface area (Å²) in [4.78, 5) is 11.8. The average Bonchev–Trinajstić information content (AvgIpc) is 2.53. The number of rotatable bonds is 3. The number of methoxy groups -OCH3 is 1. The Morgan fingerprint density at radius 1 is 1.05 bits per heavy atom. The van der Waals surface area contributed by atoms with E-state index in [0.717, 1.165) is 5.56 Å². The fourth-order valence-corrected chi connectivity index (χ4v) is 1.65. The highest BCUT2D eigenvalue weighted by atomic mass is 19.1. The van der Waals surface area contributed by atoms with Crippen LogP contribution in [0.3, 0.4) is 0 Å². The minimum atomic E-state index is -0.523. The molecule has 0 bridgehead atoms. The van der Waals surface area contributed by atoms with Crippen molar-refractivity contribution in [2.24, 2.45) is 0 Å². The first-order chi connectivity index (χ1) is 10.6. The molecule has 2 aromatic rings. The van der Waals surface area contributed by atoms with Crippen LogP contribution in [0, 0.1) is 12.7 Å². The number of anilines is 2. The molecule has 22 heavy (non-hydrogen) atoms. The predicted octanol–water partition coefficient (Wildman–Crippen LogP) is 4.81. The summed E-state index contributed by atoms with van der Waals surface area (Å²) in [5, 5.41) is 5.07. The van der Waals surface area contributed by atoms with Gasteiger partial charge in [-0.25, -0.2) is 9.18 Å². The number of carbonyl (C=O) groups is 1. The number of carbonyl (C=O) groups excluding carboxylic acids is 1. The number of benzene rings is 2. The van der Waals surface area contributed by atoms with Crippen molar-refractivity contribution in [3.05, 3.63) is 53.8 Å². The van der Waals surface area contributed by atoms with Gasteiger partial charge in [0.25, 0.3) is 0 Å². The molecule has 0 aromatic heterocycles. The Balaban J connectivity index is 0.00000116. The van der Waals surface area contributed by atoms with Crippen LogP contribution in [0.15, 0.2) is 42.5 Å². The van der Waals surface area contributed by atoms with Crippen LogP contribution in [-0.2, 0) is 0 Å². The molecule has 2 amide bonds. The van der Waals surface area contributed by atoms with Crippen LogP contribution in [0.25, 0.3) is 0 Å². The number of urea groups is 1. The summed E-state index contributed by atoms with van der Waals surface area (Å²) in [7, 11) is 1.48. The maximum Gasteiger partial charge on any atom is 0.323 e. The SMILES string of the molecule is CC.COc1ccc(F)c(NC(=O)Nc2ccc(C)cc2)c1. The Morgan fingerprint density at radius 2 is 1.68 bits per heavy atom. The van der Waals surface area contributed by atoms with Gasteiger partial charge in [0, 0.05) is 11.8 Å². The van der Waals surface area contributed by atoms with Crippen molar-refractivity contribution in [2.45, 2.75) is 20.8 Å². The fourth-order valence-electron chi connectivity index (χ4n) is 1.65. The van der Waals surface area contributed by atoms with Gasteiger partial charge in [-0.3, -0.25) is 0 Å². The highest BCUT2D eigenvalue weighted by Crippen LogP contribution is 2.21. The van der Waals surface area contributed by atoms with Gasteiger partial charge in [-0.05, 0) is 31.2 Å². The molecule has 0 aliphatic heterocycles. The van der Waals surface area contributed by atoms with Crippen molar-refractivity contribution >= 4 is 17.4 Å². The lowest BCUT2D eigenvalue weighted by atomic mass is 10.2. The molecular formula is C17H21FN2O2. The van der Waals surface area contributed by atoms with Crippen LogP contribution in [0.5, 0.6) is 5.75 Å². The van der Waals surface area contributed by atoms with Crippen LogP contribution in [-0.4, -0.2) is 13.1 Å². The Hall–Kier alpha value is -2.56. The second-order valence-corrected chi connectivity index (χ2v) is 4.29. The first-order valence-electron chi connectivity index (χ1n) is 7.06. The van der Waals surface area contributed by atoms with Crippen LogP contribution in [0.2, 0.25) is 0 Å². The summed E-state index contributed by atoms with van der Waals surface area (Å²) in [6.45, 7) is 5.95. The lowest BCUT2D eigenvalue weighted by molar-refractivity contribution is 0.262. The van der Waals surface area contributed by atoms with E-state index in [-0.39, 0.29) is 5.69 Å². The molecule has 0 heterocycles. The summed E-state index contributed by atoms with van der Waals surface area (Å²) in [6.07, 6.45) is 0. The molecule has 0 radical (unpaired) electrons. The van der Waals surface area contributed by atoms with Gasteiger partial charge in [0.2, 0.25) is 0 Å². The molecule has 0 saturated heterocycles. The monoisotopic (exact) mass is 304 g/mol. The highest BCUT2D eigenvalue weighted by molar-refractivity contribution is 5.99. The highest BCUT2D eigenvalue weighted by Gasteiger charge is 2.08. The zero-order chi connectivity index (χ0) is 16.5. The van der Waals surface area contributed by atoms with E-state index >= 15 is 0 Å². The maximum atomic E-state index is 13.6. The predicted molar refractivity (Wildman–Crippen MR) is 88.1 cm³/mol. The third-order valence-corrected chi connectivity index (χ3v) is 2.73. The molecule has 0 atom stereocenters. The first-order valence-corrected chi connectivity index (χ1v) is 7.06. The molecule has 118 valence electrons. The van der Waals surface area contributed by atoms with Gasteiger partial charge in [0.1, 0.15) is 11.6 Å². The molecular weight excluding hydrogens is 283 g/mol. The third-order valence-electron chi connectivity index (χ3n) is 2.73. The van der Waals surface area contributed by atoms with Gasteiger partial charge >= 0.3 is 6.03 Å². The standard InChI is InChI=1S/C15H15FN2O2.C2H6/c1-10-3-5-11(6-4-10)17-15(19)18-14-9-12(20-2)7-8-13(14)16;1-2/h3-9H,1-2H3,(H2,17,18,19);1-2H3. The zero-order valence-corrected chi connectivity index (χ0v) is 13.2. The van der Waals surface area contributed by atoms with Gasteiger partial charge in [-0.1, -0.05) is 31.5 Å². The van der Waals surface area contributed by atoms with E-state index in [1.807, 2.05) is 32.9 Å². The Labute approximate surface area is 130 Å². The van der Waals surface area contributed by atoms with Gasteiger partial charge in [0.05, 0.1) is 12.8 Å². The van der Waals surface area contributed by atoms with E-state index in [0.29, 0.717) is 11.4 Å². The largest absolute Gasteiger partial charge is 0.497 e. The van der Waals surface area contributed by atoms with E-state index < -0.39 is 11.8 Å². The molecule has 0 fully saturated rings. The van der Waals surface area contributed by atoms with Gasteiger partial charge in [0.15, 0.2) is 0 Å². The minimum Gasteiger partial charge on any atom is -0.497 e. The second kappa shape index (κ2) is 8.67. The molecule has 0 aliphatic rings. The fraction of sp³-hybridized carbons (Fsp3) is 0.235. The third kappa shape index (κ3) is 5.09. The summed E-state index contributed by atoms with van der Waals surface area (Å²) >= 11 is 0. The maximum absolute atomic E-state index is 13.6. The van der Waals surface area contributed by atoms with Crippen molar-refractivity contribution in [1.82, 2.24) is 0 Å². The summed E-state index contributed by atoms with van der Waals surface area (Å²) in [5.41, 5.74) is 1.79. The minimum absolute atomic E-state index is 0.0639. The number of hydrogen-bond donors (Lipinski definition) is 2. The van der Waals surface area contributed by atoms with Gasteiger partial charge < -0.3 is 15.4 Å². The number of amides is 2. The molecule has 2 N–H and O–H groups in total. The topological polar surface area (TPSA) is 50.4 Å². The first kappa shape index (κ1) is 17.5. The lowest BCUT2D eigenvalue weighted by Crippen LogP contribution is -2.20. The van der Waals surface area contributed by atoms with Crippen molar-refractivity contribution < 1.29 is 13.9 Å². The molecule has 5 heteroatoms. The normalized spacial score (nSPS) is 9.32. The van der Waals surface area contributed by atoms with Crippen LogP contribution in [0.1, 0.15) is 19.4 Å². The quantitative estimate of drug-likeness (QED) is 0.854. The molecule has 0 unspecified atom stereocenters. The lowest BCUT2D eigenvalue weighted by Gasteiger charge is -2.10. The zero-order valence-electron chi connectivity index (χ0n) is 13.2. The van der Waals surface area contributed by atoms with Crippen LogP contribution in [0.4, 0.5) is 20.6 Å². The Morgan fingerprint density at radius 3 is 2.27 bits per heavy atom. The van der Waals surface area contributed by atoms with Gasteiger partial charge in [-0.2, -0.15) is 0 Å². The molecule has 0 aliphatic carbocycles. The smallest absolute Gasteiger partial charge is 0.323 e. The van der Waals surface area contributed by atoms with E-state index in [2.05, 4.69) is 10.6 Å². The number of halogens is 1. The number of ether oxygens (including phenoxy) is 1. The average molecular weight is 304 g/mol. The molecule has 2 aromatic carbocycles. The van der Waals surface area contributed by atoms with Crippen LogP contribution >= 0.6 is 0 Å². The second-order valence-electron chi connectivity index (χ2n) is 4.29. The Kier molecular flexibility index (Phi) is 6.89. The number of aryl methyl sites for hydroxylation is 1. The van der Waals surface area contributed by atoms with Crippen molar-refractivity contribution in [3.63, 3.8) is 0 Å².